The highest BCUT2D eigenvalue weighted by molar-refractivity contribution is 5.84. The number of pyridine rings is 1. The summed E-state index contributed by atoms with van der Waals surface area (Å²) in [5, 5.41) is 5.80. The van der Waals surface area contributed by atoms with Gasteiger partial charge < -0.3 is 10.1 Å². The highest BCUT2D eigenvalue weighted by atomic mass is 16.5. The van der Waals surface area contributed by atoms with Gasteiger partial charge in [0.25, 0.3) is 0 Å². The van der Waals surface area contributed by atoms with Gasteiger partial charge in [0.1, 0.15) is 5.75 Å². The Balaban J connectivity index is 1.76. The largest absolute Gasteiger partial charge is 0.497 e. The first kappa shape index (κ1) is 13.4. The van der Waals surface area contributed by atoms with Gasteiger partial charge in [0, 0.05) is 12.2 Å². The van der Waals surface area contributed by atoms with Crippen molar-refractivity contribution in [2.45, 2.75) is 13.5 Å². The van der Waals surface area contributed by atoms with E-state index in [4.69, 9.17) is 4.74 Å². The summed E-state index contributed by atoms with van der Waals surface area (Å²) >= 11 is 0. The summed E-state index contributed by atoms with van der Waals surface area (Å²) in [7, 11) is 1.69. The van der Waals surface area contributed by atoms with Crippen LogP contribution in [0.25, 0.3) is 10.8 Å². The molecule has 0 atom stereocenters. The number of nitrogens with zero attached hydrogens (tertiary/aromatic N) is 1. The van der Waals surface area contributed by atoms with E-state index in [-0.39, 0.29) is 0 Å². The van der Waals surface area contributed by atoms with Gasteiger partial charge in [-0.1, -0.05) is 18.2 Å². The number of nitrogens with one attached hydrogen (secondary N) is 1. The lowest BCUT2D eigenvalue weighted by molar-refractivity contribution is 0.415. The standard InChI is InChI=1S/C18H18N2O/c1-13-3-7-17(12-19-13)20-11-14-4-5-16-10-18(21-2)8-6-15(16)9-14/h3-10,12,20H,11H2,1-2H3. The summed E-state index contributed by atoms with van der Waals surface area (Å²) in [6, 6.07) is 16.6. The van der Waals surface area contributed by atoms with E-state index in [0.29, 0.717) is 0 Å². The van der Waals surface area contributed by atoms with E-state index in [0.717, 1.165) is 23.7 Å². The van der Waals surface area contributed by atoms with Crippen LogP contribution in [0.4, 0.5) is 5.69 Å². The highest BCUT2D eigenvalue weighted by Gasteiger charge is 1.99. The van der Waals surface area contributed by atoms with Crippen molar-refractivity contribution in [1.29, 1.82) is 0 Å². The summed E-state index contributed by atoms with van der Waals surface area (Å²) in [4.78, 5) is 4.28. The quantitative estimate of drug-likeness (QED) is 0.778. The molecule has 3 nitrogen and oxygen atoms in total. The Kier molecular flexibility index (Phi) is 3.73. The number of anilines is 1. The second kappa shape index (κ2) is 5.83. The van der Waals surface area contributed by atoms with E-state index in [9.17, 15) is 0 Å². The van der Waals surface area contributed by atoms with Gasteiger partial charge in [-0.15, -0.1) is 0 Å². The number of rotatable bonds is 4. The smallest absolute Gasteiger partial charge is 0.119 e. The second-order valence-corrected chi connectivity index (χ2v) is 5.09. The van der Waals surface area contributed by atoms with Gasteiger partial charge in [0.15, 0.2) is 0 Å². The maximum atomic E-state index is 5.25. The van der Waals surface area contributed by atoms with Crippen molar-refractivity contribution in [1.82, 2.24) is 4.98 Å². The second-order valence-electron chi connectivity index (χ2n) is 5.09. The summed E-state index contributed by atoms with van der Waals surface area (Å²) in [6.07, 6.45) is 1.86. The third-order valence-corrected chi connectivity index (χ3v) is 3.52. The van der Waals surface area contributed by atoms with Crippen molar-refractivity contribution in [3.05, 3.63) is 66.0 Å². The van der Waals surface area contributed by atoms with E-state index in [1.54, 1.807) is 7.11 Å². The molecule has 1 N–H and O–H groups in total. The average Bonchev–Trinajstić information content (AvgIpc) is 2.53. The van der Waals surface area contributed by atoms with Crippen LogP contribution in [-0.2, 0) is 6.54 Å². The first-order chi connectivity index (χ1) is 10.2. The predicted octanol–water partition coefficient (Wildman–Crippen LogP) is 4.16. The van der Waals surface area contributed by atoms with Gasteiger partial charge in [-0.2, -0.15) is 0 Å². The molecule has 0 aliphatic carbocycles. The molecule has 3 rings (SSSR count). The Morgan fingerprint density at radius 1 is 1.00 bits per heavy atom. The topological polar surface area (TPSA) is 34.1 Å². The van der Waals surface area contributed by atoms with Crippen LogP contribution in [0, 0.1) is 6.92 Å². The zero-order valence-corrected chi connectivity index (χ0v) is 12.3. The minimum Gasteiger partial charge on any atom is -0.497 e. The Morgan fingerprint density at radius 2 is 1.81 bits per heavy atom. The average molecular weight is 278 g/mol. The Bertz CT molecular complexity index is 751. The highest BCUT2D eigenvalue weighted by Crippen LogP contribution is 2.22. The van der Waals surface area contributed by atoms with Crippen molar-refractivity contribution in [3.63, 3.8) is 0 Å². The molecule has 0 spiro atoms. The molecule has 0 amide bonds. The number of aryl methyl sites for hydroxylation is 1. The molecule has 0 saturated heterocycles. The third-order valence-electron chi connectivity index (χ3n) is 3.52. The zero-order chi connectivity index (χ0) is 14.7. The first-order valence-corrected chi connectivity index (χ1v) is 6.98. The van der Waals surface area contributed by atoms with Gasteiger partial charge >= 0.3 is 0 Å². The number of methoxy groups -OCH3 is 1. The molecule has 0 saturated carbocycles. The fourth-order valence-electron chi connectivity index (χ4n) is 2.29. The molecule has 0 aliphatic heterocycles. The lowest BCUT2D eigenvalue weighted by atomic mass is 10.1. The Hall–Kier alpha value is -2.55. The lowest BCUT2D eigenvalue weighted by Gasteiger charge is -2.08. The van der Waals surface area contributed by atoms with Crippen LogP contribution in [0.3, 0.4) is 0 Å². The van der Waals surface area contributed by atoms with Crippen LogP contribution in [0.15, 0.2) is 54.7 Å². The predicted molar refractivity (Wildman–Crippen MR) is 86.8 cm³/mol. The van der Waals surface area contributed by atoms with Crippen molar-refractivity contribution < 1.29 is 4.74 Å². The number of ether oxygens (including phenoxy) is 1. The molecule has 0 unspecified atom stereocenters. The summed E-state index contributed by atoms with van der Waals surface area (Å²) in [6.45, 7) is 2.77. The monoisotopic (exact) mass is 278 g/mol. The fraction of sp³-hybridized carbons (Fsp3) is 0.167. The molecule has 0 aliphatic rings. The van der Waals surface area contributed by atoms with E-state index >= 15 is 0 Å². The minimum absolute atomic E-state index is 0.784. The van der Waals surface area contributed by atoms with Gasteiger partial charge in [-0.25, -0.2) is 0 Å². The molecule has 3 aromatic rings. The number of fused-ring (bicyclic) bond motifs is 1. The molecule has 106 valence electrons. The molecular formula is C18H18N2O. The van der Waals surface area contributed by atoms with Gasteiger partial charge in [-0.05, 0) is 53.6 Å². The Labute approximate surface area is 124 Å². The van der Waals surface area contributed by atoms with E-state index in [1.165, 1.54) is 16.3 Å². The van der Waals surface area contributed by atoms with E-state index in [2.05, 4.69) is 40.6 Å². The normalized spacial score (nSPS) is 10.6. The molecule has 1 aromatic heterocycles. The van der Waals surface area contributed by atoms with Crippen molar-refractivity contribution in [2.24, 2.45) is 0 Å². The number of hydrogen-bond acceptors (Lipinski definition) is 3. The SMILES string of the molecule is COc1ccc2cc(CNc3ccc(C)nc3)ccc2c1. The van der Waals surface area contributed by atoms with E-state index < -0.39 is 0 Å². The maximum absolute atomic E-state index is 5.25. The molecule has 3 heteroatoms. The van der Waals surface area contributed by atoms with Crippen molar-refractivity contribution in [2.75, 3.05) is 12.4 Å². The van der Waals surface area contributed by atoms with Crippen LogP contribution < -0.4 is 10.1 Å². The van der Waals surface area contributed by atoms with Crippen molar-refractivity contribution >= 4 is 16.5 Å². The molecule has 21 heavy (non-hydrogen) atoms. The summed E-state index contributed by atoms with van der Waals surface area (Å²) in [5.74, 6) is 0.888. The summed E-state index contributed by atoms with van der Waals surface area (Å²) < 4.78 is 5.25. The van der Waals surface area contributed by atoms with E-state index in [1.807, 2.05) is 31.3 Å². The fourth-order valence-corrected chi connectivity index (χ4v) is 2.29. The Morgan fingerprint density at radius 3 is 2.57 bits per heavy atom. The molecular weight excluding hydrogens is 260 g/mol. The minimum atomic E-state index is 0.784. The zero-order valence-electron chi connectivity index (χ0n) is 12.3. The van der Waals surface area contributed by atoms with Crippen LogP contribution in [0.5, 0.6) is 5.75 Å². The lowest BCUT2D eigenvalue weighted by Crippen LogP contribution is -1.99. The van der Waals surface area contributed by atoms with Crippen molar-refractivity contribution in [3.8, 4) is 5.75 Å². The summed E-state index contributed by atoms with van der Waals surface area (Å²) in [5.41, 5.74) is 3.31. The van der Waals surface area contributed by atoms with Crippen LogP contribution in [-0.4, -0.2) is 12.1 Å². The number of hydrogen-bond donors (Lipinski definition) is 1. The maximum Gasteiger partial charge on any atom is 0.119 e. The molecule has 0 bridgehead atoms. The molecule has 2 aromatic carbocycles. The number of aromatic nitrogens is 1. The van der Waals surface area contributed by atoms with Gasteiger partial charge in [0.2, 0.25) is 0 Å². The molecule has 0 radical (unpaired) electrons. The van der Waals surface area contributed by atoms with Crippen LogP contribution >= 0.6 is 0 Å². The third kappa shape index (κ3) is 3.14. The molecule has 1 heterocycles. The van der Waals surface area contributed by atoms with Crippen LogP contribution in [0.2, 0.25) is 0 Å². The number of benzene rings is 2. The van der Waals surface area contributed by atoms with Gasteiger partial charge in [-0.3, -0.25) is 4.98 Å². The molecule has 0 fully saturated rings. The van der Waals surface area contributed by atoms with Gasteiger partial charge in [0.05, 0.1) is 19.0 Å². The first-order valence-electron chi connectivity index (χ1n) is 6.98. The van der Waals surface area contributed by atoms with Crippen LogP contribution in [0.1, 0.15) is 11.3 Å².